The van der Waals surface area contributed by atoms with Crippen LogP contribution in [0.4, 0.5) is 0 Å². The molecule has 1 aromatic heterocycles. The van der Waals surface area contributed by atoms with E-state index in [1.54, 1.807) is 5.57 Å². The molecule has 2 unspecified atom stereocenters. The first-order valence-electron chi connectivity index (χ1n) is 7.01. The highest BCUT2D eigenvalue weighted by molar-refractivity contribution is 5.09. The third kappa shape index (κ3) is 3.45. The zero-order valence-electron chi connectivity index (χ0n) is 11.8. The van der Waals surface area contributed by atoms with Gasteiger partial charge in [-0.3, -0.25) is 4.68 Å². The van der Waals surface area contributed by atoms with Gasteiger partial charge in [-0.25, -0.2) is 0 Å². The first-order valence-corrected chi connectivity index (χ1v) is 7.01. The van der Waals surface area contributed by atoms with Crippen LogP contribution in [0.25, 0.3) is 0 Å². The molecule has 0 saturated heterocycles. The zero-order chi connectivity index (χ0) is 13.0. The van der Waals surface area contributed by atoms with Crippen molar-refractivity contribution in [2.45, 2.75) is 33.1 Å². The number of allylic oxidation sites excluding steroid dienone is 1. The summed E-state index contributed by atoms with van der Waals surface area (Å²) in [5.41, 5.74) is 2.89. The van der Waals surface area contributed by atoms with Gasteiger partial charge < -0.3 is 5.32 Å². The Kier molecular flexibility index (Phi) is 4.59. The van der Waals surface area contributed by atoms with E-state index in [9.17, 15) is 0 Å². The molecule has 0 spiro atoms. The van der Waals surface area contributed by atoms with Gasteiger partial charge in [0.1, 0.15) is 0 Å². The molecular formula is C15H25N3. The second kappa shape index (κ2) is 6.19. The number of rotatable bonds is 5. The largest absolute Gasteiger partial charge is 0.316 e. The fourth-order valence-corrected chi connectivity index (χ4v) is 2.83. The van der Waals surface area contributed by atoms with Crippen LogP contribution in [0.2, 0.25) is 0 Å². The third-order valence-electron chi connectivity index (χ3n) is 4.07. The zero-order valence-corrected chi connectivity index (χ0v) is 11.8. The summed E-state index contributed by atoms with van der Waals surface area (Å²) < 4.78 is 1.87. The van der Waals surface area contributed by atoms with Crippen LogP contribution in [0, 0.1) is 11.8 Å². The normalized spacial score (nSPS) is 24.1. The van der Waals surface area contributed by atoms with Crippen LogP contribution in [0.1, 0.15) is 32.3 Å². The van der Waals surface area contributed by atoms with Gasteiger partial charge in [0, 0.05) is 19.8 Å². The van der Waals surface area contributed by atoms with E-state index in [2.05, 4.69) is 36.5 Å². The van der Waals surface area contributed by atoms with E-state index >= 15 is 0 Å². The van der Waals surface area contributed by atoms with Gasteiger partial charge in [0.05, 0.1) is 6.20 Å². The molecule has 1 heterocycles. The van der Waals surface area contributed by atoms with Crippen molar-refractivity contribution in [3.63, 3.8) is 0 Å². The van der Waals surface area contributed by atoms with Crippen molar-refractivity contribution in [3.8, 4) is 0 Å². The van der Waals surface area contributed by atoms with Gasteiger partial charge in [0.25, 0.3) is 0 Å². The molecule has 1 aliphatic carbocycles. The minimum absolute atomic E-state index is 0.729. The number of aromatic nitrogens is 2. The summed E-state index contributed by atoms with van der Waals surface area (Å²) in [6.07, 6.45) is 10.1. The molecule has 0 bridgehead atoms. The molecule has 0 fully saturated rings. The molecule has 0 saturated carbocycles. The molecule has 0 radical (unpaired) electrons. The molecule has 18 heavy (non-hydrogen) atoms. The molecule has 3 heteroatoms. The molecule has 1 aliphatic rings. The Balaban J connectivity index is 1.72. The number of hydrogen-bond acceptors (Lipinski definition) is 2. The molecule has 3 nitrogen and oxygen atoms in total. The maximum atomic E-state index is 4.19. The molecule has 100 valence electrons. The van der Waals surface area contributed by atoms with E-state index in [1.807, 2.05) is 17.9 Å². The average molecular weight is 247 g/mol. The Bertz CT molecular complexity index is 406. The topological polar surface area (TPSA) is 29.9 Å². The maximum absolute atomic E-state index is 4.19. The lowest BCUT2D eigenvalue weighted by Gasteiger charge is -2.29. The first kappa shape index (κ1) is 13.3. The summed E-state index contributed by atoms with van der Waals surface area (Å²) >= 11 is 0. The molecular weight excluding hydrogens is 222 g/mol. The van der Waals surface area contributed by atoms with E-state index in [-0.39, 0.29) is 0 Å². The smallest absolute Gasteiger partial charge is 0.0522 e. The van der Waals surface area contributed by atoms with E-state index in [0.29, 0.717) is 0 Å². The fraction of sp³-hybridized carbons (Fsp3) is 0.667. The average Bonchev–Trinajstić information content (AvgIpc) is 2.73. The predicted molar refractivity (Wildman–Crippen MR) is 75.4 cm³/mol. The van der Waals surface area contributed by atoms with Gasteiger partial charge in [0.15, 0.2) is 0 Å². The summed E-state index contributed by atoms with van der Waals surface area (Å²) in [7, 11) is 1.97. The van der Waals surface area contributed by atoms with Crippen LogP contribution in [-0.2, 0) is 13.5 Å². The lowest BCUT2D eigenvalue weighted by molar-refractivity contribution is 0.351. The van der Waals surface area contributed by atoms with Gasteiger partial charge in [-0.1, -0.05) is 18.6 Å². The molecule has 0 aromatic carbocycles. The van der Waals surface area contributed by atoms with Crippen molar-refractivity contribution in [3.05, 3.63) is 29.6 Å². The Morgan fingerprint density at radius 1 is 1.50 bits per heavy atom. The standard InChI is InChI=1S/C15H25N3/c1-12-5-4-6-13(2)15(12)10-16-8-7-14-9-17-18(3)11-14/h5,9,11,13,15-16H,4,6-8,10H2,1-3H3. The highest BCUT2D eigenvalue weighted by Crippen LogP contribution is 2.29. The van der Waals surface area contributed by atoms with Gasteiger partial charge in [0.2, 0.25) is 0 Å². The first-order chi connectivity index (χ1) is 8.66. The van der Waals surface area contributed by atoms with Crippen LogP contribution in [0.3, 0.4) is 0 Å². The van der Waals surface area contributed by atoms with E-state index in [0.717, 1.165) is 31.3 Å². The molecule has 1 aromatic rings. The summed E-state index contributed by atoms with van der Waals surface area (Å²) in [6.45, 7) is 6.82. The summed E-state index contributed by atoms with van der Waals surface area (Å²) in [5, 5.41) is 7.78. The van der Waals surface area contributed by atoms with Crippen molar-refractivity contribution >= 4 is 0 Å². The number of hydrogen-bond donors (Lipinski definition) is 1. The molecule has 2 atom stereocenters. The van der Waals surface area contributed by atoms with Gasteiger partial charge >= 0.3 is 0 Å². The molecule has 2 rings (SSSR count). The minimum Gasteiger partial charge on any atom is -0.316 e. The number of nitrogens with zero attached hydrogens (tertiary/aromatic N) is 2. The molecule has 0 amide bonds. The SMILES string of the molecule is CC1=CCCC(C)C1CNCCc1cnn(C)c1. The number of aryl methyl sites for hydroxylation is 1. The Morgan fingerprint density at radius 2 is 2.33 bits per heavy atom. The third-order valence-corrected chi connectivity index (χ3v) is 4.07. The van der Waals surface area contributed by atoms with Gasteiger partial charge in [-0.2, -0.15) is 5.10 Å². The quantitative estimate of drug-likeness (QED) is 0.640. The van der Waals surface area contributed by atoms with Crippen molar-refractivity contribution in [1.29, 1.82) is 0 Å². The number of nitrogens with one attached hydrogen (secondary N) is 1. The van der Waals surface area contributed by atoms with Gasteiger partial charge in [-0.15, -0.1) is 0 Å². The van der Waals surface area contributed by atoms with Crippen LogP contribution in [0.15, 0.2) is 24.0 Å². The van der Waals surface area contributed by atoms with E-state index in [4.69, 9.17) is 0 Å². The highest BCUT2D eigenvalue weighted by atomic mass is 15.2. The van der Waals surface area contributed by atoms with Crippen LogP contribution < -0.4 is 5.32 Å². The van der Waals surface area contributed by atoms with E-state index < -0.39 is 0 Å². The predicted octanol–water partition coefficient (Wildman–Crippen LogP) is 2.54. The Morgan fingerprint density at radius 3 is 3.00 bits per heavy atom. The highest BCUT2D eigenvalue weighted by Gasteiger charge is 2.21. The fourth-order valence-electron chi connectivity index (χ4n) is 2.83. The maximum Gasteiger partial charge on any atom is 0.0522 e. The van der Waals surface area contributed by atoms with Crippen molar-refractivity contribution in [1.82, 2.24) is 15.1 Å². The van der Waals surface area contributed by atoms with E-state index in [1.165, 1.54) is 18.4 Å². The second-order valence-electron chi connectivity index (χ2n) is 5.59. The second-order valence-corrected chi connectivity index (χ2v) is 5.59. The molecule has 1 N–H and O–H groups in total. The summed E-state index contributed by atoms with van der Waals surface area (Å²) in [4.78, 5) is 0. The van der Waals surface area contributed by atoms with Crippen molar-refractivity contribution in [2.24, 2.45) is 18.9 Å². The lowest BCUT2D eigenvalue weighted by atomic mass is 9.80. The van der Waals surface area contributed by atoms with Gasteiger partial charge in [-0.05, 0) is 50.1 Å². The Hall–Kier alpha value is -1.09. The monoisotopic (exact) mass is 247 g/mol. The molecule has 0 aliphatic heterocycles. The summed E-state index contributed by atoms with van der Waals surface area (Å²) in [5.74, 6) is 1.55. The summed E-state index contributed by atoms with van der Waals surface area (Å²) in [6, 6.07) is 0. The van der Waals surface area contributed by atoms with Crippen molar-refractivity contribution in [2.75, 3.05) is 13.1 Å². The van der Waals surface area contributed by atoms with Crippen LogP contribution in [0.5, 0.6) is 0 Å². The van der Waals surface area contributed by atoms with Crippen molar-refractivity contribution < 1.29 is 0 Å². The lowest BCUT2D eigenvalue weighted by Crippen LogP contribution is -2.30. The minimum atomic E-state index is 0.729. The Labute approximate surface area is 110 Å². The van der Waals surface area contributed by atoms with Crippen LogP contribution in [-0.4, -0.2) is 22.9 Å². The van der Waals surface area contributed by atoms with Crippen LogP contribution >= 0.6 is 0 Å².